The van der Waals surface area contributed by atoms with Gasteiger partial charge in [0.1, 0.15) is 6.10 Å². The molecular formula is C18H36N2O3. The molecule has 1 aliphatic rings. The van der Waals surface area contributed by atoms with Crippen molar-refractivity contribution in [3.63, 3.8) is 0 Å². The summed E-state index contributed by atoms with van der Waals surface area (Å²) >= 11 is 0. The van der Waals surface area contributed by atoms with Crippen LogP contribution in [-0.2, 0) is 4.74 Å². The second kappa shape index (κ2) is 13.6. The van der Waals surface area contributed by atoms with Gasteiger partial charge in [-0.1, -0.05) is 32.6 Å². The standard InChI is InChI=1S/C18H36N2O3/c1-2-3-4-5-6-10-17(11-9-16-21)23-18(22)19-12-15-20-13-7-8-14-20/h17,21H,2-16H2,1H3,(H,19,22). The summed E-state index contributed by atoms with van der Waals surface area (Å²) in [6.07, 6.45) is 10.6. The van der Waals surface area contributed by atoms with Crippen molar-refractivity contribution < 1.29 is 14.6 Å². The van der Waals surface area contributed by atoms with Crippen LogP contribution in [0.5, 0.6) is 0 Å². The first-order chi connectivity index (χ1) is 11.3. The average molecular weight is 328 g/mol. The van der Waals surface area contributed by atoms with E-state index in [1.165, 1.54) is 38.5 Å². The van der Waals surface area contributed by atoms with E-state index >= 15 is 0 Å². The van der Waals surface area contributed by atoms with Crippen molar-refractivity contribution in [1.82, 2.24) is 10.2 Å². The molecule has 1 atom stereocenters. The molecule has 1 heterocycles. The van der Waals surface area contributed by atoms with Crippen LogP contribution in [0, 0.1) is 0 Å². The number of nitrogens with zero attached hydrogens (tertiary/aromatic N) is 1. The van der Waals surface area contributed by atoms with E-state index in [1.807, 2.05) is 0 Å². The SMILES string of the molecule is CCCCCCCC(CCCO)OC(=O)NCCN1CCCC1. The molecule has 1 fully saturated rings. The molecule has 1 saturated heterocycles. The summed E-state index contributed by atoms with van der Waals surface area (Å²) in [5.41, 5.74) is 0. The maximum absolute atomic E-state index is 11.9. The normalized spacial score (nSPS) is 16.4. The average Bonchev–Trinajstić information content (AvgIpc) is 3.05. The minimum absolute atomic E-state index is 0.0597. The zero-order valence-electron chi connectivity index (χ0n) is 14.9. The van der Waals surface area contributed by atoms with E-state index in [-0.39, 0.29) is 18.8 Å². The minimum Gasteiger partial charge on any atom is -0.446 e. The summed E-state index contributed by atoms with van der Waals surface area (Å²) in [6.45, 7) is 6.22. The number of amides is 1. The van der Waals surface area contributed by atoms with Gasteiger partial charge in [0.05, 0.1) is 0 Å². The van der Waals surface area contributed by atoms with Crippen molar-refractivity contribution in [3.8, 4) is 0 Å². The number of nitrogens with one attached hydrogen (secondary N) is 1. The van der Waals surface area contributed by atoms with E-state index in [4.69, 9.17) is 9.84 Å². The zero-order valence-corrected chi connectivity index (χ0v) is 14.9. The first kappa shape index (κ1) is 20.2. The molecule has 1 rings (SSSR count). The quantitative estimate of drug-likeness (QED) is 0.509. The van der Waals surface area contributed by atoms with Crippen molar-refractivity contribution >= 4 is 6.09 Å². The van der Waals surface area contributed by atoms with Crippen LogP contribution >= 0.6 is 0 Å². The van der Waals surface area contributed by atoms with Gasteiger partial charge >= 0.3 is 6.09 Å². The van der Waals surface area contributed by atoms with Gasteiger partial charge < -0.3 is 20.1 Å². The van der Waals surface area contributed by atoms with E-state index in [2.05, 4.69) is 17.1 Å². The number of hydrogen-bond donors (Lipinski definition) is 2. The van der Waals surface area contributed by atoms with Crippen LogP contribution in [0.4, 0.5) is 4.79 Å². The Kier molecular flexibility index (Phi) is 12.0. The fourth-order valence-corrected chi connectivity index (χ4v) is 3.07. The molecule has 0 aromatic rings. The van der Waals surface area contributed by atoms with Crippen molar-refractivity contribution in [2.75, 3.05) is 32.8 Å². The van der Waals surface area contributed by atoms with Crippen molar-refractivity contribution in [2.45, 2.75) is 77.2 Å². The molecular weight excluding hydrogens is 292 g/mol. The van der Waals surface area contributed by atoms with Crippen molar-refractivity contribution in [1.29, 1.82) is 0 Å². The van der Waals surface area contributed by atoms with Gasteiger partial charge in [0.25, 0.3) is 0 Å². The lowest BCUT2D eigenvalue weighted by atomic mass is 10.0. The lowest BCUT2D eigenvalue weighted by molar-refractivity contribution is 0.0804. The number of carbonyl (C=O) groups excluding carboxylic acids is 1. The highest BCUT2D eigenvalue weighted by molar-refractivity contribution is 5.67. The van der Waals surface area contributed by atoms with E-state index in [0.29, 0.717) is 13.0 Å². The maximum Gasteiger partial charge on any atom is 0.407 e. The van der Waals surface area contributed by atoms with Crippen LogP contribution in [0.1, 0.15) is 71.1 Å². The molecule has 0 aliphatic carbocycles. The Morgan fingerprint density at radius 1 is 1.13 bits per heavy atom. The van der Waals surface area contributed by atoms with Gasteiger partial charge in [0.15, 0.2) is 0 Å². The minimum atomic E-state index is -0.305. The Morgan fingerprint density at radius 3 is 2.52 bits per heavy atom. The van der Waals surface area contributed by atoms with Crippen molar-refractivity contribution in [2.24, 2.45) is 0 Å². The van der Waals surface area contributed by atoms with Gasteiger partial charge in [-0.2, -0.15) is 0 Å². The highest BCUT2D eigenvalue weighted by Gasteiger charge is 2.15. The number of likely N-dealkylation sites (tertiary alicyclic amines) is 1. The maximum atomic E-state index is 11.9. The third-order valence-corrected chi connectivity index (χ3v) is 4.48. The predicted molar refractivity (Wildman–Crippen MR) is 93.6 cm³/mol. The topological polar surface area (TPSA) is 61.8 Å². The summed E-state index contributed by atoms with van der Waals surface area (Å²) in [7, 11) is 0. The van der Waals surface area contributed by atoms with Crippen LogP contribution in [0.25, 0.3) is 0 Å². The molecule has 136 valence electrons. The summed E-state index contributed by atoms with van der Waals surface area (Å²) in [4.78, 5) is 14.3. The van der Waals surface area contributed by atoms with Crippen LogP contribution in [0.3, 0.4) is 0 Å². The first-order valence-corrected chi connectivity index (χ1v) is 9.54. The molecule has 0 saturated carbocycles. The third-order valence-electron chi connectivity index (χ3n) is 4.48. The Hall–Kier alpha value is -0.810. The molecule has 1 unspecified atom stereocenters. The summed E-state index contributed by atoms with van der Waals surface area (Å²) in [6, 6.07) is 0. The van der Waals surface area contributed by atoms with E-state index < -0.39 is 0 Å². The Balaban J connectivity index is 2.14. The number of rotatable bonds is 13. The van der Waals surface area contributed by atoms with Crippen LogP contribution in [-0.4, -0.2) is 55.0 Å². The molecule has 0 radical (unpaired) electrons. The number of unbranched alkanes of at least 4 members (excludes halogenated alkanes) is 4. The second-order valence-electron chi connectivity index (χ2n) is 6.57. The predicted octanol–water partition coefficient (Wildman–Crippen LogP) is 3.31. The number of ether oxygens (including phenoxy) is 1. The largest absolute Gasteiger partial charge is 0.446 e. The molecule has 0 aromatic heterocycles. The highest BCUT2D eigenvalue weighted by Crippen LogP contribution is 2.14. The number of alkyl carbamates (subject to hydrolysis) is 1. The third kappa shape index (κ3) is 10.6. The molecule has 0 spiro atoms. The zero-order chi connectivity index (χ0) is 16.8. The lowest BCUT2D eigenvalue weighted by Gasteiger charge is -2.19. The van der Waals surface area contributed by atoms with Crippen LogP contribution in [0.2, 0.25) is 0 Å². The monoisotopic (exact) mass is 328 g/mol. The van der Waals surface area contributed by atoms with Gasteiger partial charge in [0, 0.05) is 19.7 Å². The van der Waals surface area contributed by atoms with Crippen LogP contribution in [0.15, 0.2) is 0 Å². The molecule has 1 aliphatic heterocycles. The highest BCUT2D eigenvalue weighted by atomic mass is 16.6. The van der Waals surface area contributed by atoms with E-state index in [0.717, 1.165) is 38.9 Å². The van der Waals surface area contributed by atoms with Gasteiger partial charge in [-0.05, 0) is 51.6 Å². The van der Waals surface area contributed by atoms with Crippen LogP contribution < -0.4 is 5.32 Å². The van der Waals surface area contributed by atoms with Crippen molar-refractivity contribution in [3.05, 3.63) is 0 Å². The Bertz CT molecular complexity index is 294. The molecule has 23 heavy (non-hydrogen) atoms. The van der Waals surface area contributed by atoms with Gasteiger partial charge in [-0.25, -0.2) is 4.79 Å². The second-order valence-corrected chi connectivity index (χ2v) is 6.57. The van der Waals surface area contributed by atoms with Gasteiger partial charge in [0.2, 0.25) is 0 Å². The molecule has 2 N–H and O–H groups in total. The first-order valence-electron chi connectivity index (χ1n) is 9.54. The molecule has 0 bridgehead atoms. The van der Waals surface area contributed by atoms with Gasteiger partial charge in [-0.3, -0.25) is 0 Å². The van der Waals surface area contributed by atoms with E-state index in [1.54, 1.807) is 0 Å². The summed E-state index contributed by atoms with van der Waals surface area (Å²) in [5.74, 6) is 0. The lowest BCUT2D eigenvalue weighted by Crippen LogP contribution is -2.35. The summed E-state index contributed by atoms with van der Waals surface area (Å²) in [5, 5.41) is 11.9. The van der Waals surface area contributed by atoms with E-state index in [9.17, 15) is 4.79 Å². The molecule has 5 nitrogen and oxygen atoms in total. The Labute approximate surface area is 141 Å². The molecule has 1 amide bonds. The fourth-order valence-electron chi connectivity index (χ4n) is 3.07. The number of hydrogen-bond acceptors (Lipinski definition) is 4. The molecule has 5 heteroatoms. The number of aliphatic hydroxyl groups excluding tert-OH is 1. The smallest absolute Gasteiger partial charge is 0.407 e. The van der Waals surface area contributed by atoms with Gasteiger partial charge in [-0.15, -0.1) is 0 Å². The Morgan fingerprint density at radius 2 is 1.83 bits per heavy atom. The summed E-state index contributed by atoms with van der Waals surface area (Å²) < 4.78 is 5.54. The number of aliphatic hydroxyl groups is 1. The number of carbonyl (C=O) groups is 1. The molecule has 0 aromatic carbocycles. The fraction of sp³-hybridized carbons (Fsp3) is 0.944.